The number of hydrogen-bond donors (Lipinski definition) is 0. The van der Waals surface area contributed by atoms with Gasteiger partial charge < -0.3 is 13.3 Å². The molecule has 1 unspecified atom stereocenters. The van der Waals surface area contributed by atoms with Crippen molar-refractivity contribution in [2.24, 2.45) is 0 Å². The second-order valence-corrected chi connectivity index (χ2v) is 4.54. The topological polar surface area (TPSA) is 27.7 Å². The van der Waals surface area contributed by atoms with Crippen molar-refractivity contribution in [3.8, 4) is 0 Å². The van der Waals surface area contributed by atoms with E-state index < -0.39 is 9.53 Å². The van der Waals surface area contributed by atoms with Gasteiger partial charge >= 0.3 is 9.53 Å². The van der Waals surface area contributed by atoms with Crippen molar-refractivity contribution in [3.05, 3.63) is 0 Å². The van der Waals surface area contributed by atoms with Crippen LogP contribution in [0.3, 0.4) is 0 Å². The van der Waals surface area contributed by atoms with E-state index in [1.807, 2.05) is 13.8 Å². The molecule has 0 spiro atoms. The number of alkyl halides is 1. The van der Waals surface area contributed by atoms with Crippen molar-refractivity contribution in [1.82, 2.24) is 0 Å². The molecule has 0 heterocycles. The Morgan fingerprint density at radius 1 is 1.15 bits per heavy atom. The zero-order valence-corrected chi connectivity index (χ0v) is 10.5. The number of halogens is 1. The Morgan fingerprint density at radius 3 is 2.08 bits per heavy atom. The van der Waals surface area contributed by atoms with E-state index in [0.29, 0.717) is 13.2 Å². The van der Waals surface area contributed by atoms with E-state index in [0.717, 1.165) is 12.8 Å². The molecule has 5 heteroatoms. The molecule has 0 bridgehead atoms. The third kappa shape index (κ3) is 7.46. The summed E-state index contributed by atoms with van der Waals surface area (Å²) in [6.07, 6.45) is 1.85. The molecule has 0 saturated carbocycles. The van der Waals surface area contributed by atoms with E-state index in [4.69, 9.17) is 24.9 Å². The van der Waals surface area contributed by atoms with Crippen LogP contribution in [-0.4, -0.2) is 28.3 Å². The zero-order chi connectivity index (χ0) is 10.1. The highest BCUT2D eigenvalue weighted by Crippen LogP contribution is 2.09. The largest absolute Gasteiger partial charge is 0.485 e. The molecule has 0 aliphatic heterocycles. The lowest BCUT2D eigenvalue weighted by Crippen LogP contribution is -2.30. The van der Waals surface area contributed by atoms with Crippen LogP contribution in [0, 0.1) is 0 Å². The standard InChI is InChI=1S/C8H19ClO3Si/c1-4-7-8(9)12-13(10-5-2)11-6-3/h8,13H,4-7H2,1-3H3. The lowest BCUT2D eigenvalue weighted by Gasteiger charge is -2.18. The predicted octanol–water partition coefficient (Wildman–Crippen LogP) is 2.16. The summed E-state index contributed by atoms with van der Waals surface area (Å²) in [5, 5.41) is 0. The molecule has 0 aromatic rings. The Hall–Kier alpha value is 0.387. The van der Waals surface area contributed by atoms with Gasteiger partial charge in [-0.05, 0) is 20.3 Å². The summed E-state index contributed by atoms with van der Waals surface area (Å²) in [5.74, 6) is 0. The van der Waals surface area contributed by atoms with Gasteiger partial charge in [0.05, 0.1) is 0 Å². The van der Waals surface area contributed by atoms with Crippen LogP contribution in [0.1, 0.15) is 33.6 Å². The van der Waals surface area contributed by atoms with E-state index in [1.54, 1.807) is 0 Å². The highest BCUT2D eigenvalue weighted by molar-refractivity contribution is 6.37. The quantitative estimate of drug-likeness (QED) is 0.469. The van der Waals surface area contributed by atoms with Gasteiger partial charge in [0.25, 0.3) is 0 Å². The van der Waals surface area contributed by atoms with Gasteiger partial charge in [-0.3, -0.25) is 0 Å². The fourth-order valence-electron chi connectivity index (χ4n) is 0.814. The van der Waals surface area contributed by atoms with Gasteiger partial charge in [-0.15, -0.1) is 0 Å². The maximum Gasteiger partial charge on any atom is 0.485 e. The van der Waals surface area contributed by atoms with Crippen LogP contribution in [0.25, 0.3) is 0 Å². The second-order valence-electron chi connectivity index (χ2n) is 2.53. The third-order valence-corrected chi connectivity index (χ3v) is 3.64. The Balaban J connectivity index is 3.64. The highest BCUT2D eigenvalue weighted by atomic mass is 35.5. The van der Waals surface area contributed by atoms with Gasteiger partial charge in [0.1, 0.15) is 5.56 Å². The number of rotatable bonds is 8. The molecular weight excluding hydrogens is 208 g/mol. The highest BCUT2D eigenvalue weighted by Gasteiger charge is 2.18. The van der Waals surface area contributed by atoms with E-state index >= 15 is 0 Å². The lowest BCUT2D eigenvalue weighted by molar-refractivity contribution is 0.0880. The van der Waals surface area contributed by atoms with E-state index in [1.165, 1.54) is 0 Å². The Bertz CT molecular complexity index is 110. The van der Waals surface area contributed by atoms with Crippen molar-refractivity contribution < 1.29 is 13.3 Å². The summed E-state index contributed by atoms with van der Waals surface area (Å²) in [5.41, 5.74) is -0.264. The van der Waals surface area contributed by atoms with Gasteiger partial charge in [-0.25, -0.2) is 0 Å². The van der Waals surface area contributed by atoms with Crippen LogP contribution in [0.4, 0.5) is 0 Å². The van der Waals surface area contributed by atoms with Gasteiger partial charge in [0.15, 0.2) is 0 Å². The SMILES string of the molecule is CCCC(Cl)O[SiH](OCC)OCC. The molecule has 0 fully saturated rings. The molecule has 1 atom stereocenters. The predicted molar refractivity (Wildman–Crippen MR) is 56.0 cm³/mol. The van der Waals surface area contributed by atoms with Crippen LogP contribution in [0.5, 0.6) is 0 Å². The maximum absolute atomic E-state index is 5.90. The summed E-state index contributed by atoms with van der Waals surface area (Å²) in [6.45, 7) is 7.15. The summed E-state index contributed by atoms with van der Waals surface area (Å²) in [4.78, 5) is 0. The number of hydrogen-bond acceptors (Lipinski definition) is 3. The van der Waals surface area contributed by atoms with E-state index in [9.17, 15) is 0 Å². The van der Waals surface area contributed by atoms with Crippen molar-refractivity contribution >= 4 is 21.1 Å². The molecule has 0 radical (unpaired) electrons. The zero-order valence-electron chi connectivity index (χ0n) is 8.59. The Labute approximate surface area is 87.3 Å². The first kappa shape index (κ1) is 13.4. The molecule has 0 rings (SSSR count). The van der Waals surface area contributed by atoms with Crippen LogP contribution in [0.2, 0.25) is 0 Å². The third-order valence-electron chi connectivity index (χ3n) is 1.38. The Morgan fingerprint density at radius 2 is 1.69 bits per heavy atom. The average Bonchev–Trinajstić information content (AvgIpc) is 2.05. The smallest absolute Gasteiger partial charge is 0.376 e. The van der Waals surface area contributed by atoms with Crippen molar-refractivity contribution in [2.45, 2.75) is 39.2 Å². The molecule has 0 amide bonds. The molecule has 0 aromatic carbocycles. The molecule has 0 aliphatic rings. The van der Waals surface area contributed by atoms with Gasteiger partial charge in [-0.1, -0.05) is 24.9 Å². The molecule has 0 aromatic heterocycles. The molecule has 0 aliphatic carbocycles. The molecule has 0 saturated heterocycles. The van der Waals surface area contributed by atoms with E-state index in [-0.39, 0.29) is 5.56 Å². The summed E-state index contributed by atoms with van der Waals surface area (Å²) in [7, 11) is -1.96. The van der Waals surface area contributed by atoms with Gasteiger partial charge in [0, 0.05) is 13.2 Å². The molecular formula is C8H19ClO3Si. The summed E-state index contributed by atoms with van der Waals surface area (Å²) in [6, 6.07) is 0. The molecule has 0 N–H and O–H groups in total. The first-order valence-corrected chi connectivity index (χ1v) is 6.62. The minimum atomic E-state index is -1.96. The first-order valence-electron chi connectivity index (χ1n) is 4.77. The van der Waals surface area contributed by atoms with Crippen LogP contribution in [-0.2, 0) is 13.3 Å². The van der Waals surface area contributed by atoms with Crippen molar-refractivity contribution in [2.75, 3.05) is 13.2 Å². The maximum atomic E-state index is 5.90. The fourth-order valence-corrected chi connectivity index (χ4v) is 2.46. The van der Waals surface area contributed by atoms with Crippen LogP contribution in [0.15, 0.2) is 0 Å². The average molecular weight is 227 g/mol. The summed E-state index contributed by atoms with van der Waals surface area (Å²) < 4.78 is 16.1. The van der Waals surface area contributed by atoms with E-state index in [2.05, 4.69) is 6.92 Å². The molecule has 3 nitrogen and oxygen atoms in total. The van der Waals surface area contributed by atoms with Crippen molar-refractivity contribution in [1.29, 1.82) is 0 Å². The Kier molecular flexibility index (Phi) is 9.23. The van der Waals surface area contributed by atoms with Gasteiger partial charge in [-0.2, -0.15) is 0 Å². The van der Waals surface area contributed by atoms with Crippen LogP contribution < -0.4 is 0 Å². The molecule has 80 valence electrons. The second kappa shape index (κ2) is 8.96. The normalized spacial score (nSPS) is 13.6. The fraction of sp³-hybridized carbons (Fsp3) is 1.00. The lowest BCUT2D eigenvalue weighted by atomic mass is 10.4. The molecule has 13 heavy (non-hydrogen) atoms. The minimum absolute atomic E-state index is 0.264. The van der Waals surface area contributed by atoms with Crippen molar-refractivity contribution in [3.63, 3.8) is 0 Å². The van der Waals surface area contributed by atoms with Crippen LogP contribution >= 0.6 is 11.6 Å². The minimum Gasteiger partial charge on any atom is -0.376 e. The summed E-state index contributed by atoms with van der Waals surface area (Å²) >= 11 is 5.90. The monoisotopic (exact) mass is 226 g/mol. The first-order chi connectivity index (χ1) is 6.24. The van der Waals surface area contributed by atoms with Gasteiger partial charge in [0.2, 0.25) is 0 Å².